The lowest BCUT2D eigenvalue weighted by Gasteiger charge is -2.06. The van der Waals surface area contributed by atoms with Crippen LogP contribution in [0.5, 0.6) is 0 Å². The van der Waals surface area contributed by atoms with Crippen LogP contribution in [0.2, 0.25) is 0 Å². The number of aryl methyl sites for hydroxylation is 3. The van der Waals surface area contributed by atoms with Crippen LogP contribution < -0.4 is 5.32 Å². The molecule has 0 atom stereocenters. The van der Waals surface area contributed by atoms with E-state index in [4.69, 9.17) is 0 Å². The molecule has 2 rings (SSSR count). The minimum atomic E-state index is 0.0817. The molecule has 2 aromatic rings. The molecule has 0 aliphatic heterocycles. The van der Waals surface area contributed by atoms with Crippen molar-refractivity contribution in [3.05, 3.63) is 52.3 Å². The predicted octanol–water partition coefficient (Wildman–Crippen LogP) is 2.59. The zero-order valence-corrected chi connectivity index (χ0v) is 13.2. The number of rotatable bonds is 5. The summed E-state index contributed by atoms with van der Waals surface area (Å²) in [5.41, 5.74) is 5.69. The van der Waals surface area contributed by atoms with Crippen molar-refractivity contribution in [3.63, 3.8) is 0 Å². The van der Waals surface area contributed by atoms with Crippen LogP contribution in [0.4, 0.5) is 0 Å². The Labute approximate surface area is 126 Å². The van der Waals surface area contributed by atoms with E-state index in [1.54, 1.807) is 0 Å². The molecule has 1 heterocycles. The van der Waals surface area contributed by atoms with Crippen molar-refractivity contribution < 1.29 is 4.79 Å². The maximum Gasteiger partial charge on any atom is 0.220 e. The first-order valence-electron chi connectivity index (χ1n) is 7.28. The molecule has 0 saturated heterocycles. The van der Waals surface area contributed by atoms with Gasteiger partial charge in [-0.2, -0.15) is 5.10 Å². The van der Waals surface area contributed by atoms with Crippen LogP contribution in [0.3, 0.4) is 0 Å². The van der Waals surface area contributed by atoms with Crippen molar-refractivity contribution in [2.45, 2.75) is 40.2 Å². The molecule has 0 aliphatic rings. The minimum absolute atomic E-state index is 0.0817. The van der Waals surface area contributed by atoms with E-state index in [2.05, 4.69) is 29.5 Å². The molecule has 112 valence electrons. The Balaban J connectivity index is 1.83. The summed E-state index contributed by atoms with van der Waals surface area (Å²) in [5, 5.41) is 7.34. The summed E-state index contributed by atoms with van der Waals surface area (Å²) in [6, 6.07) is 8.21. The van der Waals surface area contributed by atoms with Crippen molar-refractivity contribution in [2.75, 3.05) is 0 Å². The molecule has 1 aromatic carbocycles. The number of nitrogens with zero attached hydrogens (tertiary/aromatic N) is 2. The largest absolute Gasteiger partial charge is 0.352 e. The Hall–Kier alpha value is -2.10. The van der Waals surface area contributed by atoms with Crippen molar-refractivity contribution in [1.82, 2.24) is 15.1 Å². The number of hydrogen-bond acceptors (Lipinski definition) is 2. The molecule has 0 fully saturated rings. The topological polar surface area (TPSA) is 46.9 Å². The zero-order chi connectivity index (χ0) is 15.4. The zero-order valence-electron chi connectivity index (χ0n) is 13.2. The molecule has 0 aliphatic carbocycles. The van der Waals surface area contributed by atoms with Crippen LogP contribution in [-0.4, -0.2) is 15.7 Å². The van der Waals surface area contributed by atoms with Crippen LogP contribution in [-0.2, 0) is 24.8 Å². The highest BCUT2D eigenvalue weighted by atomic mass is 16.1. The molecule has 1 N–H and O–H groups in total. The van der Waals surface area contributed by atoms with E-state index in [0.29, 0.717) is 13.0 Å². The predicted molar refractivity (Wildman–Crippen MR) is 84.0 cm³/mol. The highest BCUT2D eigenvalue weighted by Crippen LogP contribution is 2.14. The van der Waals surface area contributed by atoms with E-state index in [9.17, 15) is 4.79 Å². The Morgan fingerprint density at radius 3 is 2.43 bits per heavy atom. The van der Waals surface area contributed by atoms with Crippen molar-refractivity contribution in [2.24, 2.45) is 7.05 Å². The summed E-state index contributed by atoms with van der Waals surface area (Å²) < 4.78 is 1.87. The molecule has 1 amide bonds. The first-order chi connectivity index (χ1) is 9.97. The summed E-state index contributed by atoms with van der Waals surface area (Å²) in [6.45, 7) is 6.68. The summed E-state index contributed by atoms with van der Waals surface area (Å²) in [4.78, 5) is 11.9. The number of nitrogens with one attached hydrogen (secondary N) is 1. The Morgan fingerprint density at radius 2 is 1.86 bits per heavy atom. The average Bonchev–Trinajstić information content (AvgIpc) is 2.69. The van der Waals surface area contributed by atoms with Crippen molar-refractivity contribution in [1.29, 1.82) is 0 Å². The van der Waals surface area contributed by atoms with E-state index in [1.165, 1.54) is 11.1 Å². The lowest BCUT2D eigenvalue weighted by atomic mass is 10.1. The Bertz CT molecular complexity index is 626. The van der Waals surface area contributed by atoms with E-state index in [1.807, 2.05) is 37.7 Å². The molecule has 0 unspecified atom stereocenters. The van der Waals surface area contributed by atoms with Gasteiger partial charge in [-0.25, -0.2) is 0 Å². The van der Waals surface area contributed by atoms with Gasteiger partial charge < -0.3 is 5.32 Å². The average molecular weight is 285 g/mol. The van der Waals surface area contributed by atoms with Crippen LogP contribution >= 0.6 is 0 Å². The molecule has 0 saturated carbocycles. The van der Waals surface area contributed by atoms with Gasteiger partial charge in [-0.3, -0.25) is 9.48 Å². The molecule has 0 bridgehead atoms. The molecule has 0 radical (unpaired) electrons. The van der Waals surface area contributed by atoms with Gasteiger partial charge >= 0.3 is 0 Å². The van der Waals surface area contributed by atoms with Crippen LogP contribution in [0.25, 0.3) is 0 Å². The third-order valence-corrected chi connectivity index (χ3v) is 3.87. The number of carbonyl (C=O) groups is 1. The quantitative estimate of drug-likeness (QED) is 0.918. The van der Waals surface area contributed by atoms with Gasteiger partial charge in [0, 0.05) is 25.7 Å². The molecule has 4 heteroatoms. The van der Waals surface area contributed by atoms with Gasteiger partial charge in [0.05, 0.1) is 5.69 Å². The second-order valence-corrected chi connectivity index (χ2v) is 5.54. The van der Waals surface area contributed by atoms with Crippen molar-refractivity contribution >= 4 is 5.91 Å². The van der Waals surface area contributed by atoms with Gasteiger partial charge in [-0.15, -0.1) is 0 Å². The fourth-order valence-corrected chi connectivity index (χ4v) is 2.41. The second-order valence-electron chi connectivity index (χ2n) is 5.54. The summed E-state index contributed by atoms with van der Waals surface area (Å²) in [6.07, 6.45) is 1.24. The van der Waals surface area contributed by atoms with Crippen molar-refractivity contribution in [3.8, 4) is 0 Å². The molecule has 1 aromatic heterocycles. The number of aromatic nitrogens is 2. The van der Waals surface area contributed by atoms with E-state index in [-0.39, 0.29) is 5.91 Å². The summed E-state index contributed by atoms with van der Waals surface area (Å²) in [7, 11) is 1.93. The highest BCUT2D eigenvalue weighted by Gasteiger charge is 2.11. The minimum Gasteiger partial charge on any atom is -0.352 e. The smallest absolute Gasteiger partial charge is 0.220 e. The van der Waals surface area contributed by atoms with Gasteiger partial charge in [0.2, 0.25) is 5.91 Å². The first-order valence-corrected chi connectivity index (χ1v) is 7.28. The second kappa shape index (κ2) is 6.57. The summed E-state index contributed by atoms with van der Waals surface area (Å²) >= 11 is 0. The van der Waals surface area contributed by atoms with Gasteiger partial charge in [0.25, 0.3) is 0 Å². The third-order valence-electron chi connectivity index (χ3n) is 3.87. The van der Waals surface area contributed by atoms with E-state index >= 15 is 0 Å². The Morgan fingerprint density at radius 1 is 1.19 bits per heavy atom. The maximum atomic E-state index is 11.9. The fourth-order valence-electron chi connectivity index (χ4n) is 2.41. The van der Waals surface area contributed by atoms with Crippen LogP contribution in [0, 0.1) is 20.8 Å². The van der Waals surface area contributed by atoms with E-state index in [0.717, 1.165) is 23.4 Å². The summed E-state index contributed by atoms with van der Waals surface area (Å²) in [5.74, 6) is 0.0817. The first kappa shape index (κ1) is 15.3. The van der Waals surface area contributed by atoms with Gasteiger partial charge in [-0.05, 0) is 38.3 Å². The standard InChI is InChI=1S/C17H23N3O/c1-12-5-7-15(8-6-12)11-18-17(21)10-9-16-13(2)19-20(4)14(16)3/h5-8H,9-11H2,1-4H3,(H,18,21). The molecule has 4 nitrogen and oxygen atoms in total. The number of carbonyl (C=O) groups excluding carboxylic acids is 1. The molecular formula is C17H23N3O. The van der Waals surface area contributed by atoms with Crippen LogP contribution in [0.1, 0.15) is 34.5 Å². The number of benzene rings is 1. The molecular weight excluding hydrogens is 262 g/mol. The lowest BCUT2D eigenvalue weighted by Crippen LogP contribution is -2.23. The number of hydrogen-bond donors (Lipinski definition) is 1. The highest BCUT2D eigenvalue weighted by molar-refractivity contribution is 5.76. The molecule has 0 spiro atoms. The normalized spacial score (nSPS) is 10.7. The fraction of sp³-hybridized carbons (Fsp3) is 0.412. The van der Waals surface area contributed by atoms with Gasteiger partial charge in [-0.1, -0.05) is 29.8 Å². The SMILES string of the molecule is Cc1ccc(CNC(=O)CCc2c(C)nn(C)c2C)cc1. The van der Waals surface area contributed by atoms with E-state index < -0.39 is 0 Å². The van der Waals surface area contributed by atoms with Gasteiger partial charge in [0.1, 0.15) is 0 Å². The lowest BCUT2D eigenvalue weighted by molar-refractivity contribution is -0.121. The van der Waals surface area contributed by atoms with Gasteiger partial charge in [0.15, 0.2) is 0 Å². The third kappa shape index (κ3) is 3.94. The maximum absolute atomic E-state index is 11.9. The number of amides is 1. The molecule has 21 heavy (non-hydrogen) atoms. The monoisotopic (exact) mass is 285 g/mol. The van der Waals surface area contributed by atoms with Crippen LogP contribution in [0.15, 0.2) is 24.3 Å². The Kier molecular flexibility index (Phi) is 4.78.